The van der Waals surface area contributed by atoms with E-state index in [1.54, 1.807) is 0 Å². The smallest absolute Gasteiger partial charge is 0.337 e. The molecule has 1 fully saturated rings. The van der Waals surface area contributed by atoms with Gasteiger partial charge in [0.15, 0.2) is 0 Å². The molecule has 0 bridgehead atoms. The molecule has 1 amide bonds. The van der Waals surface area contributed by atoms with Crippen LogP contribution in [0.25, 0.3) is 0 Å². The summed E-state index contributed by atoms with van der Waals surface area (Å²) in [6, 6.07) is -1.47. The van der Waals surface area contributed by atoms with Crippen molar-refractivity contribution in [3.8, 4) is 0 Å². The van der Waals surface area contributed by atoms with Gasteiger partial charge in [-0.3, -0.25) is 4.79 Å². The third kappa shape index (κ3) is 3.77. The summed E-state index contributed by atoms with van der Waals surface area (Å²) in [5, 5.41) is 0. The van der Waals surface area contributed by atoms with Gasteiger partial charge in [0.05, 0.1) is 0 Å². The highest BCUT2D eigenvalue weighted by Crippen LogP contribution is 2.41. The van der Waals surface area contributed by atoms with E-state index in [4.69, 9.17) is 5.73 Å². The normalized spacial score (nSPS) is 23.1. The maximum Gasteiger partial charge on any atom is 0.409 e. The van der Waals surface area contributed by atoms with Gasteiger partial charge in [0, 0.05) is 18.6 Å². The molecule has 0 saturated carbocycles. The molecule has 1 rings (SSSR count). The molecule has 1 heterocycles. The Balaban J connectivity index is 3.05. The first-order chi connectivity index (χ1) is 8.96. The summed E-state index contributed by atoms with van der Waals surface area (Å²) >= 11 is 0. The third-order valence-electron chi connectivity index (χ3n) is 3.34. The molecule has 0 aromatic heterocycles. The van der Waals surface area contributed by atoms with Gasteiger partial charge in [-0.2, -0.15) is 26.3 Å². The first-order valence-corrected chi connectivity index (χ1v) is 6.15. The van der Waals surface area contributed by atoms with Crippen LogP contribution in [0.5, 0.6) is 0 Å². The molecule has 3 nitrogen and oxygen atoms in total. The van der Waals surface area contributed by atoms with Crippen molar-refractivity contribution in [2.75, 3.05) is 6.54 Å². The van der Waals surface area contributed by atoms with E-state index in [2.05, 4.69) is 0 Å². The fourth-order valence-corrected chi connectivity index (χ4v) is 2.41. The van der Waals surface area contributed by atoms with Gasteiger partial charge >= 0.3 is 12.4 Å². The molecule has 1 aliphatic rings. The van der Waals surface area contributed by atoms with E-state index < -0.39 is 36.3 Å². The van der Waals surface area contributed by atoms with Gasteiger partial charge in [-0.1, -0.05) is 0 Å². The number of nitrogens with zero attached hydrogens (tertiary/aromatic N) is 1. The number of hydrogen-bond donors (Lipinski definition) is 1. The van der Waals surface area contributed by atoms with E-state index >= 15 is 0 Å². The highest BCUT2D eigenvalue weighted by atomic mass is 19.4. The van der Waals surface area contributed by atoms with Crippen LogP contribution in [-0.4, -0.2) is 41.8 Å². The molecule has 1 aliphatic heterocycles. The second kappa shape index (κ2) is 5.79. The Labute approximate surface area is 112 Å². The molecule has 0 aliphatic carbocycles. The molecule has 9 heteroatoms. The number of alkyl halides is 6. The molecule has 2 N–H and O–H groups in total. The SMILES string of the molecule is CC(N)C1CCCCN1C(=O)C(C(F)(F)F)C(F)(F)F. The summed E-state index contributed by atoms with van der Waals surface area (Å²) in [4.78, 5) is 12.4. The van der Waals surface area contributed by atoms with Crippen molar-refractivity contribution in [3.05, 3.63) is 0 Å². The quantitative estimate of drug-likeness (QED) is 0.797. The lowest BCUT2D eigenvalue weighted by atomic mass is 9.94. The van der Waals surface area contributed by atoms with E-state index in [9.17, 15) is 31.1 Å². The van der Waals surface area contributed by atoms with Gasteiger partial charge in [-0.25, -0.2) is 0 Å². The number of hydrogen-bond acceptors (Lipinski definition) is 2. The van der Waals surface area contributed by atoms with Crippen molar-refractivity contribution >= 4 is 5.91 Å². The van der Waals surface area contributed by atoms with Crippen LogP contribution in [0.3, 0.4) is 0 Å². The number of nitrogens with two attached hydrogens (primary N) is 1. The van der Waals surface area contributed by atoms with Gasteiger partial charge in [-0.15, -0.1) is 0 Å². The Bertz CT molecular complexity index is 338. The average Bonchev–Trinajstić information content (AvgIpc) is 2.24. The molecule has 1 saturated heterocycles. The lowest BCUT2D eigenvalue weighted by molar-refractivity contribution is -0.278. The summed E-state index contributed by atoms with van der Waals surface area (Å²) in [6.45, 7) is 1.33. The second-order valence-corrected chi connectivity index (χ2v) is 4.97. The average molecular weight is 306 g/mol. The third-order valence-corrected chi connectivity index (χ3v) is 3.34. The van der Waals surface area contributed by atoms with Gasteiger partial charge in [0.1, 0.15) is 0 Å². The lowest BCUT2D eigenvalue weighted by Gasteiger charge is -2.40. The zero-order chi connectivity index (χ0) is 15.7. The first-order valence-electron chi connectivity index (χ1n) is 6.15. The zero-order valence-corrected chi connectivity index (χ0v) is 10.8. The van der Waals surface area contributed by atoms with Gasteiger partial charge in [0.25, 0.3) is 0 Å². The van der Waals surface area contributed by atoms with E-state index in [-0.39, 0.29) is 6.54 Å². The van der Waals surface area contributed by atoms with Crippen LogP contribution in [0, 0.1) is 5.92 Å². The minimum atomic E-state index is -5.66. The minimum Gasteiger partial charge on any atom is -0.337 e. The Morgan fingerprint density at radius 3 is 2.05 bits per heavy atom. The van der Waals surface area contributed by atoms with Crippen molar-refractivity contribution in [1.82, 2.24) is 4.90 Å². The molecule has 118 valence electrons. The topological polar surface area (TPSA) is 46.3 Å². The van der Waals surface area contributed by atoms with Crippen molar-refractivity contribution in [2.45, 2.75) is 50.6 Å². The van der Waals surface area contributed by atoms with Crippen molar-refractivity contribution in [3.63, 3.8) is 0 Å². The monoisotopic (exact) mass is 306 g/mol. The van der Waals surface area contributed by atoms with Crippen LogP contribution >= 0.6 is 0 Å². The number of carbonyl (C=O) groups excluding carboxylic acids is 1. The molecular weight excluding hydrogens is 290 g/mol. The number of halogens is 6. The summed E-state index contributed by atoms with van der Waals surface area (Å²) in [5.41, 5.74) is 5.56. The summed E-state index contributed by atoms with van der Waals surface area (Å²) < 4.78 is 75.3. The van der Waals surface area contributed by atoms with Gasteiger partial charge in [-0.05, 0) is 26.2 Å². The number of amides is 1. The Kier molecular flexibility index (Phi) is 4.94. The van der Waals surface area contributed by atoms with Crippen LogP contribution in [0.4, 0.5) is 26.3 Å². The maximum atomic E-state index is 12.6. The molecule has 0 radical (unpaired) electrons. The zero-order valence-electron chi connectivity index (χ0n) is 10.8. The van der Waals surface area contributed by atoms with E-state index in [1.807, 2.05) is 0 Å². The van der Waals surface area contributed by atoms with E-state index in [0.29, 0.717) is 24.2 Å². The van der Waals surface area contributed by atoms with Crippen LogP contribution in [0.15, 0.2) is 0 Å². The Hall–Kier alpha value is -0.990. The van der Waals surface area contributed by atoms with Crippen molar-refractivity contribution < 1.29 is 31.1 Å². The van der Waals surface area contributed by atoms with Crippen LogP contribution in [0.1, 0.15) is 26.2 Å². The van der Waals surface area contributed by atoms with Crippen LogP contribution in [0.2, 0.25) is 0 Å². The highest BCUT2D eigenvalue weighted by Gasteiger charge is 2.62. The van der Waals surface area contributed by atoms with E-state index in [1.165, 1.54) is 6.92 Å². The lowest BCUT2D eigenvalue weighted by Crippen LogP contribution is -2.57. The Morgan fingerprint density at radius 2 is 1.65 bits per heavy atom. The summed E-state index contributed by atoms with van der Waals surface area (Å²) in [6.07, 6.45) is -10.0. The maximum absolute atomic E-state index is 12.6. The number of likely N-dealkylation sites (tertiary alicyclic amines) is 1. The Morgan fingerprint density at radius 1 is 1.15 bits per heavy atom. The van der Waals surface area contributed by atoms with Crippen molar-refractivity contribution in [1.29, 1.82) is 0 Å². The standard InChI is InChI=1S/C11H16F6N2O/c1-6(18)7-4-2-3-5-19(7)9(20)8(10(12,13)14)11(15,16)17/h6-8H,2-5,18H2,1H3. The fourth-order valence-electron chi connectivity index (χ4n) is 2.41. The van der Waals surface area contributed by atoms with Gasteiger partial charge < -0.3 is 10.6 Å². The number of rotatable bonds is 2. The molecule has 2 atom stereocenters. The van der Waals surface area contributed by atoms with Crippen LogP contribution in [-0.2, 0) is 4.79 Å². The fraction of sp³-hybridized carbons (Fsp3) is 0.909. The highest BCUT2D eigenvalue weighted by molar-refractivity contribution is 5.81. The summed E-state index contributed by atoms with van der Waals surface area (Å²) in [7, 11) is 0. The predicted octanol–water partition coefficient (Wildman–Crippen LogP) is 2.46. The van der Waals surface area contributed by atoms with Crippen molar-refractivity contribution in [2.24, 2.45) is 11.7 Å². The summed E-state index contributed by atoms with van der Waals surface area (Å²) in [5.74, 6) is -5.93. The van der Waals surface area contributed by atoms with Gasteiger partial charge in [0.2, 0.25) is 11.8 Å². The number of carbonyl (C=O) groups is 1. The molecule has 0 aromatic carbocycles. The molecule has 2 unspecified atom stereocenters. The molecular formula is C11H16F6N2O. The first kappa shape index (κ1) is 17.1. The van der Waals surface area contributed by atoms with Crippen LogP contribution < -0.4 is 5.73 Å². The minimum absolute atomic E-state index is 0.131. The predicted molar refractivity (Wildman–Crippen MR) is 58.6 cm³/mol. The van der Waals surface area contributed by atoms with E-state index in [0.717, 1.165) is 0 Å². The molecule has 0 spiro atoms. The second-order valence-electron chi connectivity index (χ2n) is 4.97. The number of piperidine rings is 1. The molecule has 20 heavy (non-hydrogen) atoms. The molecule has 0 aromatic rings. The largest absolute Gasteiger partial charge is 0.409 e.